The average molecular weight is 345 g/mol. The highest BCUT2D eigenvalue weighted by atomic mass is 35.5. The van der Waals surface area contributed by atoms with Crippen LogP contribution in [0.25, 0.3) is 11.3 Å². The molecule has 0 aromatic carbocycles. The summed E-state index contributed by atoms with van der Waals surface area (Å²) in [6, 6.07) is 6.77. The van der Waals surface area contributed by atoms with Crippen LogP contribution >= 0.6 is 11.6 Å². The molecule has 0 atom stereocenters. The zero-order valence-corrected chi connectivity index (χ0v) is 13.3. The van der Waals surface area contributed by atoms with Crippen LogP contribution in [-0.4, -0.2) is 26.1 Å². The molecule has 0 bridgehead atoms. The van der Waals surface area contributed by atoms with Gasteiger partial charge in [0, 0.05) is 40.3 Å². The van der Waals surface area contributed by atoms with Gasteiger partial charge in [-0.1, -0.05) is 17.7 Å². The molecule has 122 valence electrons. The fourth-order valence-corrected chi connectivity index (χ4v) is 2.28. The molecule has 0 unspecified atom stereocenters. The number of amides is 1. The van der Waals surface area contributed by atoms with E-state index in [-0.39, 0.29) is 23.7 Å². The molecule has 3 rings (SSSR count). The third kappa shape index (κ3) is 3.78. The molecule has 0 spiro atoms. The van der Waals surface area contributed by atoms with Gasteiger partial charge in [0.15, 0.2) is 5.82 Å². The Bertz CT molecular complexity index is 926. The third-order valence-electron chi connectivity index (χ3n) is 3.42. The van der Waals surface area contributed by atoms with Crippen molar-refractivity contribution in [2.45, 2.75) is 19.7 Å². The first-order chi connectivity index (χ1) is 12.8. The summed E-state index contributed by atoms with van der Waals surface area (Å²) >= 11 is 5.74. The summed E-state index contributed by atoms with van der Waals surface area (Å²) in [6.07, 6.45) is 5.30. The normalized spacial score (nSPS) is 13.0. The lowest BCUT2D eigenvalue weighted by Crippen LogP contribution is -2.13. The van der Waals surface area contributed by atoms with Crippen LogP contribution in [-0.2, 0) is 11.2 Å². The van der Waals surface area contributed by atoms with Crippen LogP contribution in [0.5, 0.6) is 0 Å². The van der Waals surface area contributed by atoms with E-state index in [4.69, 9.17) is 15.7 Å². The van der Waals surface area contributed by atoms with Crippen molar-refractivity contribution in [3.63, 3.8) is 0 Å². The fraction of sp³-hybridized carbons (Fsp3) is 0.176. The molecule has 0 radical (unpaired) electrons. The van der Waals surface area contributed by atoms with Crippen molar-refractivity contribution in [2.24, 2.45) is 0 Å². The smallest absolute Gasteiger partial charge is 0.225 e. The van der Waals surface area contributed by atoms with Crippen molar-refractivity contribution in [3.8, 4) is 11.3 Å². The topological polar surface area (TPSA) is 83.6 Å². The van der Waals surface area contributed by atoms with Crippen molar-refractivity contribution in [3.05, 3.63) is 59.1 Å². The second-order valence-electron chi connectivity index (χ2n) is 5.10. The van der Waals surface area contributed by atoms with Gasteiger partial charge in [-0.05, 0) is 37.0 Å². The first kappa shape index (κ1) is 12.7. The van der Waals surface area contributed by atoms with Gasteiger partial charge in [0.1, 0.15) is 5.15 Å². The predicted octanol–water partition coefficient (Wildman–Crippen LogP) is 3.40. The lowest BCUT2D eigenvalue weighted by atomic mass is 10.1. The number of aryl methyl sites for hydroxylation is 1. The first-order valence-electron chi connectivity index (χ1n) is 8.74. The van der Waals surface area contributed by atoms with Gasteiger partial charge >= 0.3 is 0 Å². The van der Waals surface area contributed by atoms with E-state index in [2.05, 4.69) is 25.5 Å². The fourth-order valence-electron chi connectivity index (χ4n) is 2.17. The Morgan fingerprint density at radius 2 is 2.17 bits per heavy atom. The summed E-state index contributed by atoms with van der Waals surface area (Å²) in [6.45, 7) is -2.45. The van der Waals surface area contributed by atoms with Gasteiger partial charge in [-0.25, -0.2) is 4.98 Å². The van der Waals surface area contributed by atoms with Gasteiger partial charge in [0.25, 0.3) is 0 Å². The molecule has 24 heavy (non-hydrogen) atoms. The second-order valence-corrected chi connectivity index (χ2v) is 5.48. The van der Waals surface area contributed by atoms with Crippen LogP contribution < -0.4 is 5.32 Å². The van der Waals surface area contributed by atoms with Gasteiger partial charge in [-0.2, -0.15) is 5.10 Å². The molecule has 6 nitrogen and oxygen atoms in total. The van der Waals surface area contributed by atoms with Gasteiger partial charge in [-0.3, -0.25) is 14.9 Å². The number of H-pyrrole nitrogens is 1. The molecule has 0 fully saturated rings. The molecule has 7 heteroatoms. The second kappa shape index (κ2) is 7.23. The molecule has 2 N–H and O–H groups in total. The molecule has 3 aromatic heterocycles. The van der Waals surface area contributed by atoms with Crippen molar-refractivity contribution in [2.75, 3.05) is 5.32 Å². The first-order valence-corrected chi connectivity index (χ1v) is 7.62. The zero-order chi connectivity index (χ0) is 19.4. The third-order valence-corrected chi connectivity index (χ3v) is 3.65. The molecule has 1 amide bonds. The molecule has 0 aliphatic carbocycles. The van der Waals surface area contributed by atoms with Gasteiger partial charge < -0.3 is 5.32 Å². The van der Waals surface area contributed by atoms with E-state index >= 15 is 0 Å². The van der Waals surface area contributed by atoms with Crippen molar-refractivity contribution >= 4 is 23.3 Å². The minimum Gasteiger partial charge on any atom is -0.309 e. The number of carbonyl (C=O) groups excluding carboxylic acids is 1. The van der Waals surface area contributed by atoms with Crippen LogP contribution in [0.3, 0.4) is 0 Å². The number of carbonyl (C=O) groups is 1. The number of aromatic nitrogens is 4. The standard InChI is InChI=1S/C17H16ClN5O/c1-11-16(13-6-8-19-9-7-13)22-23-17(11)21-15(24)5-3-12-2-4-14(18)20-10-12/h2,4,6-10H,3,5H2,1H3,(H2,21,22,23,24)/i1D3. The SMILES string of the molecule is [2H]C([2H])([2H])c1c(NC(=O)CCc2ccc(Cl)nc2)n[nH]c1-c1ccncc1. The summed E-state index contributed by atoms with van der Waals surface area (Å²) in [5.74, 6) is -0.343. The Morgan fingerprint density at radius 3 is 2.88 bits per heavy atom. The maximum Gasteiger partial charge on any atom is 0.225 e. The monoisotopic (exact) mass is 344 g/mol. The molecule has 0 aliphatic rings. The highest BCUT2D eigenvalue weighted by Gasteiger charge is 2.13. The Hall–Kier alpha value is -2.73. The highest BCUT2D eigenvalue weighted by Crippen LogP contribution is 2.25. The van der Waals surface area contributed by atoms with Crippen LogP contribution in [0, 0.1) is 6.85 Å². The van der Waals surface area contributed by atoms with E-state index in [1.165, 1.54) is 0 Å². The number of nitrogens with one attached hydrogen (secondary N) is 2. The van der Waals surface area contributed by atoms with E-state index in [1.54, 1.807) is 42.9 Å². The van der Waals surface area contributed by atoms with Crippen molar-refractivity contribution < 1.29 is 8.91 Å². The summed E-state index contributed by atoms with van der Waals surface area (Å²) in [7, 11) is 0. The molecule has 0 aliphatic heterocycles. The number of anilines is 1. The molecule has 0 saturated heterocycles. The number of hydrogen-bond donors (Lipinski definition) is 2. The molecule has 3 aromatic rings. The minimum absolute atomic E-state index is 0.000966. The highest BCUT2D eigenvalue weighted by molar-refractivity contribution is 6.29. The van der Waals surface area contributed by atoms with E-state index in [9.17, 15) is 4.79 Å². The lowest BCUT2D eigenvalue weighted by molar-refractivity contribution is -0.116. The number of rotatable bonds is 5. The van der Waals surface area contributed by atoms with E-state index in [1.807, 2.05) is 0 Å². The molecular formula is C17H16ClN5O. The Balaban J connectivity index is 1.77. The quantitative estimate of drug-likeness (QED) is 0.695. The van der Waals surface area contributed by atoms with Crippen LogP contribution in [0.15, 0.2) is 42.9 Å². The largest absolute Gasteiger partial charge is 0.309 e. The predicted molar refractivity (Wildman–Crippen MR) is 92.8 cm³/mol. The number of hydrogen-bond acceptors (Lipinski definition) is 4. The van der Waals surface area contributed by atoms with Gasteiger partial charge in [-0.15, -0.1) is 0 Å². The number of aromatic amines is 1. The Morgan fingerprint density at radius 1 is 1.33 bits per heavy atom. The van der Waals surface area contributed by atoms with Crippen LogP contribution in [0.2, 0.25) is 5.15 Å². The van der Waals surface area contributed by atoms with Crippen LogP contribution in [0.1, 0.15) is 21.7 Å². The Kier molecular flexibility index (Phi) is 3.81. The molecular weight excluding hydrogens is 326 g/mol. The summed E-state index contributed by atoms with van der Waals surface area (Å²) in [5, 5.41) is 9.67. The minimum atomic E-state index is -2.45. The zero-order valence-electron chi connectivity index (χ0n) is 15.6. The van der Waals surface area contributed by atoms with Gasteiger partial charge in [0.05, 0.1) is 5.69 Å². The summed E-state index contributed by atoms with van der Waals surface area (Å²) in [4.78, 5) is 20.2. The maximum atomic E-state index is 12.3. The lowest BCUT2D eigenvalue weighted by Gasteiger charge is -2.04. The van der Waals surface area contributed by atoms with Crippen molar-refractivity contribution in [1.29, 1.82) is 0 Å². The van der Waals surface area contributed by atoms with Crippen molar-refractivity contribution in [1.82, 2.24) is 20.2 Å². The van der Waals surface area contributed by atoms with E-state index < -0.39 is 6.85 Å². The van der Waals surface area contributed by atoms with Gasteiger partial charge in [0.2, 0.25) is 5.91 Å². The van der Waals surface area contributed by atoms with Crippen LogP contribution in [0.4, 0.5) is 5.82 Å². The van der Waals surface area contributed by atoms with E-state index in [0.717, 1.165) is 5.56 Å². The number of halogens is 1. The molecule has 3 heterocycles. The summed E-state index contributed by atoms with van der Waals surface area (Å²) in [5.41, 5.74) is 1.77. The maximum absolute atomic E-state index is 12.3. The summed E-state index contributed by atoms with van der Waals surface area (Å²) < 4.78 is 23.4. The molecule has 0 saturated carbocycles. The van der Waals surface area contributed by atoms with E-state index in [0.29, 0.717) is 22.8 Å². The number of pyridine rings is 2. The average Bonchev–Trinajstić information content (AvgIpc) is 3.06. The Labute approximate surface area is 148 Å². The number of nitrogens with zero attached hydrogens (tertiary/aromatic N) is 3.